The minimum Gasteiger partial charge on any atom is -0.492 e. The third kappa shape index (κ3) is 4.14. The maximum absolute atomic E-state index is 12.3. The Morgan fingerprint density at radius 3 is 2.61 bits per heavy atom. The van der Waals surface area contributed by atoms with Gasteiger partial charge in [0.2, 0.25) is 0 Å². The van der Waals surface area contributed by atoms with Crippen molar-refractivity contribution in [2.24, 2.45) is 0 Å². The normalized spacial score (nSPS) is 11.3. The number of benzene rings is 1. The van der Waals surface area contributed by atoms with Gasteiger partial charge in [0.05, 0.1) is 11.5 Å². The summed E-state index contributed by atoms with van der Waals surface area (Å²) in [5.41, 5.74) is -4.75. The summed E-state index contributed by atoms with van der Waals surface area (Å²) in [4.78, 5) is 10.7. The van der Waals surface area contributed by atoms with E-state index in [1.807, 2.05) is 0 Å². The molecule has 0 unspecified atom stereocenters. The summed E-state index contributed by atoms with van der Waals surface area (Å²) in [5.74, 6) is -1.54. The molecule has 0 spiro atoms. The third-order valence-corrected chi connectivity index (χ3v) is 2.66. The van der Waals surface area contributed by atoms with Crippen LogP contribution in [0.25, 0.3) is 0 Å². The summed E-state index contributed by atoms with van der Waals surface area (Å²) < 4.78 is 42.1. The molecule has 1 N–H and O–H groups in total. The average molecular weight is 280 g/mol. The van der Waals surface area contributed by atoms with Gasteiger partial charge in [-0.05, 0) is 30.3 Å². The van der Waals surface area contributed by atoms with Crippen LogP contribution in [0.1, 0.15) is 23.7 Å². The van der Waals surface area contributed by atoms with Crippen molar-refractivity contribution in [1.29, 1.82) is 0 Å². The van der Waals surface area contributed by atoms with Crippen molar-refractivity contribution < 1.29 is 27.8 Å². The zero-order chi connectivity index (χ0) is 13.8. The van der Waals surface area contributed by atoms with Gasteiger partial charge in [-0.1, -0.05) is 13.0 Å². The molecule has 1 aromatic carbocycles. The molecule has 1 rings (SSSR count). The van der Waals surface area contributed by atoms with E-state index in [0.29, 0.717) is 6.42 Å². The van der Waals surface area contributed by atoms with Crippen LogP contribution < -0.4 is 4.74 Å². The molecule has 0 atom stereocenters. The van der Waals surface area contributed by atoms with E-state index in [-0.39, 0.29) is 34.6 Å². The highest BCUT2D eigenvalue weighted by molar-refractivity contribution is 8.00. The summed E-state index contributed by atoms with van der Waals surface area (Å²) >= 11 is -0.379. The van der Waals surface area contributed by atoms with E-state index >= 15 is 0 Å². The molecule has 0 amide bonds. The quantitative estimate of drug-likeness (QED) is 0.834. The van der Waals surface area contributed by atoms with Crippen LogP contribution >= 0.6 is 11.8 Å². The van der Waals surface area contributed by atoms with Gasteiger partial charge < -0.3 is 9.84 Å². The van der Waals surface area contributed by atoms with Crippen molar-refractivity contribution >= 4 is 17.7 Å². The van der Waals surface area contributed by atoms with Gasteiger partial charge in [0.15, 0.2) is 0 Å². The Morgan fingerprint density at radius 2 is 2.11 bits per heavy atom. The second-order valence-electron chi connectivity index (χ2n) is 3.33. The Labute approximate surface area is 106 Å². The van der Waals surface area contributed by atoms with E-state index in [0.717, 1.165) is 0 Å². The molecule has 0 heterocycles. The summed E-state index contributed by atoms with van der Waals surface area (Å²) in [6.07, 6.45) is 0.573. The summed E-state index contributed by atoms with van der Waals surface area (Å²) in [6.45, 7) is 1.94. The number of aromatic carboxylic acids is 1. The Hall–Kier alpha value is -1.37. The van der Waals surface area contributed by atoms with Gasteiger partial charge in [-0.2, -0.15) is 13.2 Å². The number of hydrogen-bond acceptors (Lipinski definition) is 3. The molecular formula is C11H11F3O3S. The lowest BCUT2D eigenvalue weighted by Gasteiger charge is -2.14. The van der Waals surface area contributed by atoms with Gasteiger partial charge in [0.25, 0.3) is 0 Å². The fourth-order valence-corrected chi connectivity index (χ4v) is 1.90. The minimum absolute atomic E-state index is 0.162. The highest BCUT2D eigenvalue weighted by Gasteiger charge is 2.32. The van der Waals surface area contributed by atoms with Gasteiger partial charge >= 0.3 is 11.5 Å². The summed E-state index contributed by atoms with van der Waals surface area (Å²) in [5, 5.41) is 8.92. The van der Waals surface area contributed by atoms with Gasteiger partial charge in [0, 0.05) is 0 Å². The van der Waals surface area contributed by atoms with Crippen molar-refractivity contribution in [2.45, 2.75) is 23.7 Å². The number of halogens is 3. The number of thioether (sulfide) groups is 1. The molecular weight excluding hydrogens is 269 g/mol. The predicted molar refractivity (Wildman–Crippen MR) is 61.1 cm³/mol. The number of carboxylic acids is 1. The monoisotopic (exact) mass is 280 g/mol. The first kappa shape index (κ1) is 14.7. The second kappa shape index (κ2) is 5.99. The molecule has 0 aromatic heterocycles. The molecule has 7 heteroatoms. The predicted octanol–water partition coefficient (Wildman–Crippen LogP) is 3.79. The molecule has 3 nitrogen and oxygen atoms in total. The number of rotatable bonds is 5. The number of para-hydroxylation sites is 1. The van der Waals surface area contributed by atoms with Crippen molar-refractivity contribution in [1.82, 2.24) is 0 Å². The SMILES string of the molecule is CCCOc1c(SC(F)(F)F)cccc1C(=O)O. The highest BCUT2D eigenvalue weighted by Crippen LogP contribution is 2.42. The zero-order valence-electron chi connectivity index (χ0n) is 9.45. The molecule has 0 aliphatic carbocycles. The number of hydrogen-bond donors (Lipinski definition) is 1. The van der Waals surface area contributed by atoms with Gasteiger partial charge in [0.1, 0.15) is 11.3 Å². The molecule has 18 heavy (non-hydrogen) atoms. The maximum atomic E-state index is 12.3. The zero-order valence-corrected chi connectivity index (χ0v) is 10.3. The van der Waals surface area contributed by atoms with Crippen molar-refractivity contribution in [3.8, 4) is 5.75 Å². The number of alkyl halides is 3. The number of carbonyl (C=O) groups is 1. The molecule has 0 bridgehead atoms. The lowest BCUT2D eigenvalue weighted by atomic mass is 10.2. The first-order chi connectivity index (χ1) is 8.35. The maximum Gasteiger partial charge on any atom is 0.446 e. The van der Waals surface area contributed by atoms with Crippen molar-refractivity contribution in [3.63, 3.8) is 0 Å². The number of ether oxygens (including phenoxy) is 1. The van der Waals surface area contributed by atoms with E-state index < -0.39 is 11.5 Å². The van der Waals surface area contributed by atoms with Crippen LogP contribution in [0.3, 0.4) is 0 Å². The first-order valence-corrected chi connectivity index (χ1v) is 5.91. The fourth-order valence-electron chi connectivity index (χ4n) is 1.24. The van der Waals surface area contributed by atoms with Crippen LogP contribution in [0.5, 0.6) is 5.75 Å². The molecule has 0 aliphatic rings. The number of carboxylic acid groups (broad SMARTS) is 1. The highest BCUT2D eigenvalue weighted by atomic mass is 32.2. The van der Waals surface area contributed by atoms with Crippen LogP contribution in [0, 0.1) is 0 Å². The molecule has 0 aliphatic heterocycles. The topological polar surface area (TPSA) is 46.5 Å². The molecule has 100 valence electrons. The Morgan fingerprint density at radius 1 is 1.44 bits per heavy atom. The van der Waals surface area contributed by atoms with Crippen molar-refractivity contribution in [2.75, 3.05) is 6.61 Å². The van der Waals surface area contributed by atoms with Gasteiger partial charge in [-0.15, -0.1) is 0 Å². The Balaban J connectivity index is 3.15. The van der Waals surface area contributed by atoms with E-state index in [1.165, 1.54) is 18.2 Å². The minimum atomic E-state index is -4.48. The lowest BCUT2D eigenvalue weighted by molar-refractivity contribution is -0.0329. The largest absolute Gasteiger partial charge is 0.492 e. The molecule has 0 fully saturated rings. The fraction of sp³-hybridized carbons (Fsp3) is 0.364. The molecule has 0 radical (unpaired) electrons. The van der Waals surface area contributed by atoms with Crippen LogP contribution in [0.15, 0.2) is 23.1 Å². The smallest absolute Gasteiger partial charge is 0.446 e. The Bertz CT molecular complexity index is 432. The van der Waals surface area contributed by atoms with E-state index in [2.05, 4.69) is 0 Å². The van der Waals surface area contributed by atoms with Crippen LogP contribution in [0.2, 0.25) is 0 Å². The van der Waals surface area contributed by atoms with E-state index in [1.54, 1.807) is 6.92 Å². The molecule has 0 saturated carbocycles. The standard InChI is InChI=1S/C11H11F3O3S/c1-2-6-17-9-7(10(15)16)4-3-5-8(9)18-11(12,13)14/h3-5H,2,6H2,1H3,(H,15,16). The van der Waals surface area contributed by atoms with Crippen LogP contribution in [0.4, 0.5) is 13.2 Å². The van der Waals surface area contributed by atoms with E-state index in [4.69, 9.17) is 9.84 Å². The lowest BCUT2D eigenvalue weighted by Crippen LogP contribution is -2.07. The molecule has 1 aromatic rings. The third-order valence-electron chi connectivity index (χ3n) is 1.89. The summed E-state index contributed by atoms with van der Waals surface area (Å²) in [6, 6.07) is 3.67. The van der Waals surface area contributed by atoms with Crippen LogP contribution in [-0.2, 0) is 0 Å². The first-order valence-electron chi connectivity index (χ1n) is 5.10. The molecule has 0 saturated heterocycles. The van der Waals surface area contributed by atoms with E-state index in [9.17, 15) is 18.0 Å². The van der Waals surface area contributed by atoms with Gasteiger partial charge in [-0.3, -0.25) is 0 Å². The van der Waals surface area contributed by atoms with Crippen molar-refractivity contribution in [3.05, 3.63) is 23.8 Å². The Kier molecular flexibility index (Phi) is 4.89. The van der Waals surface area contributed by atoms with Crippen LogP contribution in [-0.4, -0.2) is 23.2 Å². The average Bonchev–Trinajstić information content (AvgIpc) is 2.24. The second-order valence-corrected chi connectivity index (χ2v) is 4.44. The summed E-state index contributed by atoms with van der Waals surface area (Å²) in [7, 11) is 0. The van der Waals surface area contributed by atoms with Gasteiger partial charge in [-0.25, -0.2) is 4.79 Å².